The van der Waals surface area contributed by atoms with Crippen molar-refractivity contribution in [2.45, 2.75) is 18.9 Å². The first kappa shape index (κ1) is 11.9. The van der Waals surface area contributed by atoms with Crippen molar-refractivity contribution < 1.29 is 14.6 Å². The highest BCUT2D eigenvalue weighted by molar-refractivity contribution is 5.69. The highest BCUT2D eigenvalue weighted by Crippen LogP contribution is 2.18. The Hall–Kier alpha value is -1.55. The Kier molecular flexibility index (Phi) is 3.98. The van der Waals surface area contributed by atoms with Crippen LogP contribution in [0, 0.1) is 0 Å². The van der Waals surface area contributed by atoms with Gasteiger partial charge in [0.2, 0.25) is 0 Å². The minimum atomic E-state index is -0.757. The Balaban J connectivity index is 1.78. The van der Waals surface area contributed by atoms with Gasteiger partial charge in [-0.25, -0.2) is 0 Å². The highest BCUT2D eigenvalue weighted by Gasteiger charge is 2.21. The summed E-state index contributed by atoms with van der Waals surface area (Å²) in [5, 5.41) is 8.69. The van der Waals surface area contributed by atoms with E-state index >= 15 is 0 Å². The van der Waals surface area contributed by atoms with Gasteiger partial charge in [0, 0.05) is 13.1 Å². The van der Waals surface area contributed by atoms with Crippen LogP contribution < -0.4 is 4.74 Å². The van der Waals surface area contributed by atoms with Gasteiger partial charge >= 0.3 is 5.97 Å². The van der Waals surface area contributed by atoms with Crippen molar-refractivity contribution in [2.24, 2.45) is 0 Å². The molecule has 0 atom stereocenters. The summed E-state index contributed by atoms with van der Waals surface area (Å²) in [6, 6.07) is 9.76. The predicted molar refractivity (Wildman–Crippen MR) is 64.2 cm³/mol. The third-order valence-electron chi connectivity index (χ3n) is 2.94. The molecule has 0 amide bonds. The molecule has 0 saturated carbocycles. The molecule has 2 rings (SSSR count). The number of likely N-dealkylation sites (tertiary alicyclic amines) is 1. The van der Waals surface area contributed by atoms with Crippen LogP contribution in [0.25, 0.3) is 0 Å². The van der Waals surface area contributed by atoms with Gasteiger partial charge in [-0.15, -0.1) is 0 Å². The molecular weight excluding hydrogens is 218 g/mol. The molecule has 92 valence electrons. The molecule has 1 fully saturated rings. The number of benzene rings is 1. The molecule has 0 spiro atoms. The van der Waals surface area contributed by atoms with Gasteiger partial charge in [-0.05, 0) is 25.0 Å². The van der Waals surface area contributed by atoms with Crippen LogP contribution in [0.15, 0.2) is 30.3 Å². The molecule has 1 aromatic rings. The van der Waals surface area contributed by atoms with Gasteiger partial charge in [-0.2, -0.15) is 0 Å². The number of rotatable bonds is 4. The van der Waals surface area contributed by atoms with Gasteiger partial charge in [0.15, 0.2) is 0 Å². The highest BCUT2D eigenvalue weighted by atomic mass is 16.5. The third-order valence-corrected chi connectivity index (χ3v) is 2.94. The lowest BCUT2D eigenvalue weighted by molar-refractivity contribution is -0.138. The summed E-state index contributed by atoms with van der Waals surface area (Å²) in [5.74, 6) is 0.136. The van der Waals surface area contributed by atoms with E-state index < -0.39 is 5.97 Å². The normalized spacial score (nSPS) is 17.9. The minimum absolute atomic E-state index is 0.137. The van der Waals surface area contributed by atoms with Crippen molar-refractivity contribution in [3.8, 4) is 5.75 Å². The molecule has 1 N–H and O–H groups in total. The van der Waals surface area contributed by atoms with E-state index in [1.54, 1.807) is 0 Å². The summed E-state index contributed by atoms with van der Waals surface area (Å²) in [5.41, 5.74) is 0. The van der Waals surface area contributed by atoms with E-state index in [-0.39, 0.29) is 12.6 Å². The molecule has 1 saturated heterocycles. The van der Waals surface area contributed by atoms with Gasteiger partial charge < -0.3 is 9.84 Å². The second-order valence-electron chi connectivity index (χ2n) is 4.30. The quantitative estimate of drug-likeness (QED) is 0.861. The Morgan fingerprint density at radius 3 is 2.53 bits per heavy atom. The lowest BCUT2D eigenvalue weighted by atomic mass is 10.1. The molecule has 4 nitrogen and oxygen atoms in total. The number of carbonyl (C=O) groups is 1. The largest absolute Gasteiger partial charge is 0.490 e. The van der Waals surface area contributed by atoms with Crippen LogP contribution in [-0.4, -0.2) is 41.7 Å². The number of ether oxygens (including phenoxy) is 1. The zero-order chi connectivity index (χ0) is 12.1. The van der Waals surface area contributed by atoms with Crippen LogP contribution in [-0.2, 0) is 4.79 Å². The molecule has 0 aliphatic carbocycles. The Labute approximate surface area is 101 Å². The average molecular weight is 235 g/mol. The van der Waals surface area contributed by atoms with Crippen molar-refractivity contribution in [3.63, 3.8) is 0 Å². The van der Waals surface area contributed by atoms with Crippen LogP contribution in [0.1, 0.15) is 12.8 Å². The van der Waals surface area contributed by atoms with E-state index in [1.165, 1.54) is 0 Å². The number of carboxylic acids is 1. The lowest BCUT2D eigenvalue weighted by Crippen LogP contribution is -2.40. The topological polar surface area (TPSA) is 49.8 Å². The number of hydrogen-bond acceptors (Lipinski definition) is 3. The van der Waals surface area contributed by atoms with Crippen molar-refractivity contribution >= 4 is 5.97 Å². The third kappa shape index (κ3) is 3.75. The predicted octanol–water partition coefficient (Wildman–Crippen LogP) is 1.61. The number of aliphatic carboxylic acids is 1. The molecule has 1 aliphatic rings. The van der Waals surface area contributed by atoms with Crippen molar-refractivity contribution in [3.05, 3.63) is 30.3 Å². The van der Waals surface area contributed by atoms with E-state index in [0.717, 1.165) is 31.7 Å². The van der Waals surface area contributed by atoms with Crippen LogP contribution >= 0.6 is 0 Å². The van der Waals surface area contributed by atoms with Crippen LogP contribution in [0.4, 0.5) is 0 Å². The molecule has 0 unspecified atom stereocenters. The van der Waals surface area contributed by atoms with Crippen molar-refractivity contribution in [1.82, 2.24) is 4.90 Å². The smallest absolute Gasteiger partial charge is 0.317 e. The average Bonchev–Trinajstić information content (AvgIpc) is 2.32. The summed E-state index contributed by atoms with van der Waals surface area (Å²) in [7, 11) is 0. The summed E-state index contributed by atoms with van der Waals surface area (Å²) in [6.45, 7) is 1.73. The van der Waals surface area contributed by atoms with Crippen molar-refractivity contribution in [1.29, 1.82) is 0 Å². The molecule has 4 heteroatoms. The van der Waals surface area contributed by atoms with Gasteiger partial charge in [-0.3, -0.25) is 9.69 Å². The van der Waals surface area contributed by atoms with Gasteiger partial charge in [-0.1, -0.05) is 18.2 Å². The maximum atomic E-state index is 10.6. The second kappa shape index (κ2) is 5.68. The second-order valence-corrected chi connectivity index (χ2v) is 4.30. The summed E-state index contributed by atoms with van der Waals surface area (Å²) < 4.78 is 5.83. The first-order valence-corrected chi connectivity index (χ1v) is 5.90. The SMILES string of the molecule is O=C(O)CN1CCC(Oc2ccccc2)CC1. The monoisotopic (exact) mass is 235 g/mol. The number of hydrogen-bond donors (Lipinski definition) is 1. The number of para-hydroxylation sites is 1. The fourth-order valence-corrected chi connectivity index (χ4v) is 2.07. The fourth-order valence-electron chi connectivity index (χ4n) is 2.07. The molecule has 1 heterocycles. The molecule has 0 radical (unpaired) electrons. The van der Waals surface area contributed by atoms with Crippen molar-refractivity contribution in [2.75, 3.05) is 19.6 Å². The first-order chi connectivity index (χ1) is 8.24. The summed E-state index contributed by atoms with van der Waals surface area (Å²) in [4.78, 5) is 12.5. The summed E-state index contributed by atoms with van der Waals surface area (Å²) in [6.07, 6.45) is 1.99. The fraction of sp³-hybridized carbons (Fsp3) is 0.462. The standard InChI is InChI=1S/C13H17NO3/c15-13(16)10-14-8-6-12(7-9-14)17-11-4-2-1-3-5-11/h1-5,12H,6-10H2,(H,15,16). The van der Waals surface area contributed by atoms with E-state index in [4.69, 9.17) is 9.84 Å². The van der Waals surface area contributed by atoms with Crippen LogP contribution in [0.3, 0.4) is 0 Å². The van der Waals surface area contributed by atoms with E-state index in [1.807, 2.05) is 35.2 Å². The van der Waals surface area contributed by atoms with E-state index in [2.05, 4.69) is 0 Å². The Morgan fingerprint density at radius 1 is 1.29 bits per heavy atom. The Bertz CT molecular complexity index is 358. The zero-order valence-electron chi connectivity index (χ0n) is 9.71. The van der Waals surface area contributed by atoms with E-state index in [0.29, 0.717) is 0 Å². The van der Waals surface area contributed by atoms with Crippen LogP contribution in [0.5, 0.6) is 5.75 Å². The van der Waals surface area contributed by atoms with Gasteiger partial charge in [0.1, 0.15) is 11.9 Å². The van der Waals surface area contributed by atoms with E-state index in [9.17, 15) is 4.79 Å². The Morgan fingerprint density at radius 2 is 1.94 bits per heavy atom. The molecule has 17 heavy (non-hydrogen) atoms. The first-order valence-electron chi connectivity index (χ1n) is 5.90. The minimum Gasteiger partial charge on any atom is -0.490 e. The number of piperidine rings is 1. The van der Waals surface area contributed by atoms with Gasteiger partial charge in [0.25, 0.3) is 0 Å². The van der Waals surface area contributed by atoms with Gasteiger partial charge in [0.05, 0.1) is 6.54 Å². The zero-order valence-corrected chi connectivity index (χ0v) is 9.71. The number of nitrogens with zero attached hydrogens (tertiary/aromatic N) is 1. The van der Waals surface area contributed by atoms with Crippen LogP contribution in [0.2, 0.25) is 0 Å². The lowest BCUT2D eigenvalue weighted by Gasteiger charge is -2.30. The summed E-state index contributed by atoms with van der Waals surface area (Å²) >= 11 is 0. The molecule has 1 aliphatic heterocycles. The molecular formula is C13H17NO3. The molecule has 0 bridgehead atoms. The molecule has 1 aromatic carbocycles. The molecule has 0 aromatic heterocycles. The number of carboxylic acid groups (broad SMARTS) is 1. The maximum absolute atomic E-state index is 10.6. The maximum Gasteiger partial charge on any atom is 0.317 e.